The Morgan fingerprint density at radius 1 is 1.14 bits per heavy atom. The van der Waals surface area contributed by atoms with E-state index in [1.807, 2.05) is 0 Å². The molecule has 1 rings (SSSR count). The molecule has 0 aliphatic carbocycles. The molecule has 9 heteroatoms. The van der Waals surface area contributed by atoms with Gasteiger partial charge in [-0.2, -0.15) is 0 Å². The summed E-state index contributed by atoms with van der Waals surface area (Å²) in [6.45, 7) is 6.30. The minimum atomic E-state index is -1.03. The maximum atomic E-state index is 14.3. The van der Waals surface area contributed by atoms with Gasteiger partial charge in [-0.15, -0.1) is 0 Å². The Balaban J connectivity index is 2.98. The average molecular weight is 414 g/mol. The zero-order valence-corrected chi connectivity index (χ0v) is 17.3. The molecule has 0 saturated heterocycles. The maximum absolute atomic E-state index is 14.3. The molecule has 7 nitrogen and oxygen atoms in total. The number of hydrogen-bond acceptors (Lipinski definition) is 5. The molecular formula is C20H28F2N2O5. The van der Waals surface area contributed by atoms with Crippen LogP contribution in [0, 0.1) is 11.6 Å². The highest BCUT2D eigenvalue weighted by Gasteiger charge is 2.25. The second-order valence-corrected chi connectivity index (χ2v) is 7.58. The Morgan fingerprint density at radius 2 is 1.79 bits per heavy atom. The molecule has 0 saturated carbocycles. The van der Waals surface area contributed by atoms with Crippen molar-refractivity contribution in [1.29, 1.82) is 0 Å². The maximum Gasteiger partial charge on any atom is 0.407 e. The number of esters is 1. The van der Waals surface area contributed by atoms with E-state index < -0.39 is 47.2 Å². The van der Waals surface area contributed by atoms with Crippen molar-refractivity contribution >= 4 is 18.0 Å². The molecule has 2 amide bonds. The lowest BCUT2D eigenvalue weighted by Gasteiger charge is -2.24. The second-order valence-electron chi connectivity index (χ2n) is 7.58. The van der Waals surface area contributed by atoms with Gasteiger partial charge >= 0.3 is 12.1 Å². The normalized spacial score (nSPS) is 13.2. The summed E-state index contributed by atoms with van der Waals surface area (Å²) in [5.74, 6) is -3.80. The van der Waals surface area contributed by atoms with Crippen molar-refractivity contribution in [2.75, 3.05) is 13.7 Å². The molecule has 0 spiro atoms. The molecule has 162 valence electrons. The molecule has 0 radical (unpaired) electrons. The molecule has 0 fully saturated rings. The summed E-state index contributed by atoms with van der Waals surface area (Å²) in [5, 5.41) is 5.00. The fraction of sp³-hybridized carbons (Fsp3) is 0.550. The van der Waals surface area contributed by atoms with Crippen molar-refractivity contribution in [3.8, 4) is 0 Å². The van der Waals surface area contributed by atoms with Crippen LogP contribution < -0.4 is 10.6 Å². The van der Waals surface area contributed by atoms with Gasteiger partial charge in [-0.25, -0.2) is 18.4 Å². The Morgan fingerprint density at radius 3 is 2.34 bits per heavy atom. The fourth-order valence-electron chi connectivity index (χ4n) is 2.73. The largest absolute Gasteiger partial charge is 0.467 e. The van der Waals surface area contributed by atoms with E-state index >= 15 is 0 Å². The van der Waals surface area contributed by atoms with Gasteiger partial charge in [-0.05, 0) is 45.2 Å². The number of halogens is 2. The number of alkyl carbamates (subject to hydrolysis) is 1. The fourth-order valence-corrected chi connectivity index (χ4v) is 2.73. The quantitative estimate of drug-likeness (QED) is 0.638. The number of amides is 2. The standard InChI is InChI=1S/C20H28F2N2O5/c1-12(25)24-16(18(26)28-5)10-9-13(11-23-19(27)29-20(2,3)4)14-7-6-8-15(21)17(14)22/h6-8,13,16H,9-11H2,1-5H3,(H,23,27)(H,24,25)/t13-,16?/m1/s1. The van der Waals surface area contributed by atoms with Gasteiger partial charge in [0.1, 0.15) is 11.6 Å². The minimum absolute atomic E-state index is 0.0486. The highest BCUT2D eigenvalue weighted by molar-refractivity contribution is 5.83. The number of nitrogens with one attached hydrogen (secondary N) is 2. The number of carbonyl (C=O) groups is 3. The van der Waals surface area contributed by atoms with Gasteiger partial charge in [0.25, 0.3) is 0 Å². The lowest BCUT2D eigenvalue weighted by Crippen LogP contribution is -2.41. The Kier molecular flexibility index (Phi) is 9.00. The minimum Gasteiger partial charge on any atom is -0.467 e. The van der Waals surface area contributed by atoms with Crippen molar-refractivity contribution in [2.45, 2.75) is 58.1 Å². The average Bonchev–Trinajstić information content (AvgIpc) is 2.61. The molecule has 0 aliphatic rings. The summed E-state index contributed by atoms with van der Waals surface area (Å²) in [4.78, 5) is 35.2. The van der Waals surface area contributed by atoms with Crippen LogP contribution in [0.25, 0.3) is 0 Å². The van der Waals surface area contributed by atoms with Gasteiger partial charge in [0.15, 0.2) is 11.6 Å². The third kappa shape index (κ3) is 8.45. The van der Waals surface area contributed by atoms with Crippen LogP contribution in [-0.4, -0.2) is 43.3 Å². The van der Waals surface area contributed by atoms with E-state index in [1.54, 1.807) is 20.8 Å². The predicted octanol–water partition coefficient (Wildman–Crippen LogP) is 3.03. The van der Waals surface area contributed by atoms with Crippen LogP contribution in [0.15, 0.2) is 18.2 Å². The first-order valence-electron chi connectivity index (χ1n) is 9.20. The summed E-state index contributed by atoms with van der Waals surface area (Å²) in [7, 11) is 1.19. The topological polar surface area (TPSA) is 93.7 Å². The highest BCUT2D eigenvalue weighted by Crippen LogP contribution is 2.26. The molecule has 2 N–H and O–H groups in total. The van der Waals surface area contributed by atoms with E-state index in [4.69, 9.17) is 4.74 Å². The van der Waals surface area contributed by atoms with Crippen LogP contribution in [-0.2, 0) is 19.1 Å². The first-order chi connectivity index (χ1) is 13.4. The number of hydrogen-bond donors (Lipinski definition) is 2. The number of carbonyl (C=O) groups excluding carboxylic acids is 3. The van der Waals surface area contributed by atoms with E-state index in [-0.39, 0.29) is 24.9 Å². The van der Waals surface area contributed by atoms with Crippen LogP contribution in [0.3, 0.4) is 0 Å². The van der Waals surface area contributed by atoms with E-state index in [9.17, 15) is 23.2 Å². The summed E-state index contributed by atoms with van der Waals surface area (Å²) < 4.78 is 37.9. The molecule has 29 heavy (non-hydrogen) atoms. The molecule has 0 heterocycles. The molecule has 1 unspecified atom stereocenters. The lowest BCUT2D eigenvalue weighted by molar-refractivity contribution is -0.145. The second kappa shape index (κ2) is 10.7. The molecule has 0 aromatic heterocycles. The van der Waals surface area contributed by atoms with Crippen molar-refractivity contribution in [2.24, 2.45) is 0 Å². The zero-order valence-electron chi connectivity index (χ0n) is 17.3. The number of methoxy groups -OCH3 is 1. The number of benzene rings is 1. The summed E-state index contributed by atoms with van der Waals surface area (Å²) in [6, 6.07) is 2.81. The third-order valence-electron chi connectivity index (χ3n) is 3.98. The number of rotatable bonds is 8. The summed E-state index contributed by atoms with van der Waals surface area (Å²) in [6.07, 6.45) is -0.440. The van der Waals surface area contributed by atoms with Crippen LogP contribution in [0.1, 0.15) is 52.0 Å². The monoisotopic (exact) mass is 414 g/mol. The van der Waals surface area contributed by atoms with E-state index in [0.717, 1.165) is 6.07 Å². The summed E-state index contributed by atoms with van der Waals surface area (Å²) in [5.41, 5.74) is -0.669. The van der Waals surface area contributed by atoms with Gasteiger partial charge in [0.2, 0.25) is 5.91 Å². The Labute approximate surface area is 169 Å². The van der Waals surface area contributed by atoms with E-state index in [0.29, 0.717) is 0 Å². The van der Waals surface area contributed by atoms with Gasteiger partial charge in [0, 0.05) is 19.4 Å². The molecule has 0 bridgehead atoms. The van der Waals surface area contributed by atoms with Gasteiger partial charge < -0.3 is 20.1 Å². The first-order valence-corrected chi connectivity index (χ1v) is 9.20. The van der Waals surface area contributed by atoms with Gasteiger partial charge in [0.05, 0.1) is 7.11 Å². The lowest BCUT2D eigenvalue weighted by atomic mass is 9.91. The van der Waals surface area contributed by atoms with Crippen molar-refractivity contribution in [3.63, 3.8) is 0 Å². The highest BCUT2D eigenvalue weighted by atomic mass is 19.2. The van der Waals surface area contributed by atoms with Crippen LogP contribution in [0.4, 0.5) is 13.6 Å². The smallest absolute Gasteiger partial charge is 0.407 e. The van der Waals surface area contributed by atoms with Crippen molar-refractivity contribution in [1.82, 2.24) is 10.6 Å². The Hall–Kier alpha value is -2.71. The van der Waals surface area contributed by atoms with Gasteiger partial charge in [-0.3, -0.25) is 4.79 Å². The molecule has 1 aromatic carbocycles. The summed E-state index contributed by atoms with van der Waals surface area (Å²) >= 11 is 0. The number of ether oxygens (including phenoxy) is 2. The van der Waals surface area contributed by atoms with E-state index in [1.165, 1.54) is 26.2 Å². The van der Waals surface area contributed by atoms with Crippen molar-refractivity contribution < 1.29 is 32.6 Å². The third-order valence-corrected chi connectivity index (χ3v) is 3.98. The molecule has 0 aliphatic heterocycles. The van der Waals surface area contributed by atoms with Crippen LogP contribution in [0.2, 0.25) is 0 Å². The molecule has 2 atom stereocenters. The van der Waals surface area contributed by atoms with E-state index in [2.05, 4.69) is 15.4 Å². The molecule has 1 aromatic rings. The molecular weight excluding hydrogens is 386 g/mol. The Bertz CT molecular complexity index is 734. The van der Waals surface area contributed by atoms with Crippen molar-refractivity contribution in [3.05, 3.63) is 35.4 Å². The van der Waals surface area contributed by atoms with Crippen LogP contribution in [0.5, 0.6) is 0 Å². The zero-order chi connectivity index (χ0) is 22.2. The van der Waals surface area contributed by atoms with Crippen LogP contribution >= 0.6 is 0 Å². The predicted molar refractivity (Wildman–Crippen MR) is 102 cm³/mol. The van der Waals surface area contributed by atoms with Gasteiger partial charge in [-0.1, -0.05) is 12.1 Å². The first kappa shape index (κ1) is 24.3. The SMILES string of the molecule is COC(=O)C(CC[C@H](CNC(=O)OC(C)(C)C)c1cccc(F)c1F)NC(C)=O.